The first kappa shape index (κ1) is 12.0. The highest BCUT2D eigenvalue weighted by Gasteiger charge is 2.22. The van der Waals surface area contributed by atoms with Gasteiger partial charge in [0.05, 0.1) is 12.2 Å². The van der Waals surface area contributed by atoms with Crippen molar-refractivity contribution in [2.24, 2.45) is 11.7 Å². The molecule has 1 saturated heterocycles. The lowest BCUT2D eigenvalue weighted by Gasteiger charge is -2.29. The maximum Gasteiger partial charge on any atom is 0.0598 e. The normalized spacial score (nSPS) is 29.1. The molecule has 2 atom stereocenters. The number of hydrogen-bond donors (Lipinski definition) is 1. The van der Waals surface area contributed by atoms with Gasteiger partial charge in [-0.3, -0.25) is 0 Å². The zero-order chi connectivity index (χ0) is 10.6. The van der Waals surface area contributed by atoms with Crippen molar-refractivity contribution < 1.29 is 9.47 Å². The second-order valence-electron chi connectivity index (χ2n) is 5.04. The van der Waals surface area contributed by atoms with Crippen molar-refractivity contribution in [1.82, 2.24) is 0 Å². The van der Waals surface area contributed by atoms with Crippen LogP contribution in [-0.2, 0) is 9.47 Å². The molecule has 2 unspecified atom stereocenters. The van der Waals surface area contributed by atoms with Gasteiger partial charge in [0.2, 0.25) is 0 Å². The summed E-state index contributed by atoms with van der Waals surface area (Å²) in [6.45, 7) is 8.62. The van der Waals surface area contributed by atoms with Crippen LogP contribution in [0.25, 0.3) is 0 Å². The van der Waals surface area contributed by atoms with Crippen molar-refractivity contribution in [2.75, 3.05) is 19.8 Å². The Balaban J connectivity index is 2.17. The maximum atomic E-state index is 5.99. The molecule has 1 aliphatic heterocycles. The summed E-state index contributed by atoms with van der Waals surface area (Å²) in [4.78, 5) is 0. The van der Waals surface area contributed by atoms with Gasteiger partial charge in [0.15, 0.2) is 0 Å². The Hall–Kier alpha value is -0.120. The quantitative estimate of drug-likeness (QED) is 0.753. The third kappa shape index (κ3) is 4.40. The van der Waals surface area contributed by atoms with E-state index >= 15 is 0 Å². The minimum atomic E-state index is -0.0420. The third-order valence-corrected chi connectivity index (χ3v) is 2.56. The molecule has 0 spiro atoms. The Labute approximate surface area is 86.9 Å². The monoisotopic (exact) mass is 201 g/mol. The third-order valence-electron chi connectivity index (χ3n) is 2.56. The molecule has 0 aromatic carbocycles. The van der Waals surface area contributed by atoms with Gasteiger partial charge in [-0.1, -0.05) is 0 Å². The molecule has 1 fully saturated rings. The zero-order valence-electron chi connectivity index (χ0n) is 9.58. The second kappa shape index (κ2) is 5.10. The van der Waals surface area contributed by atoms with Gasteiger partial charge in [0.25, 0.3) is 0 Å². The molecule has 1 heterocycles. The highest BCUT2D eigenvalue weighted by Crippen LogP contribution is 2.17. The topological polar surface area (TPSA) is 44.5 Å². The highest BCUT2D eigenvalue weighted by molar-refractivity contribution is 4.76. The molecule has 2 N–H and O–H groups in total. The molecule has 0 aliphatic carbocycles. The summed E-state index contributed by atoms with van der Waals surface area (Å²) in [5.41, 5.74) is 5.95. The Bertz CT molecular complexity index is 165. The van der Waals surface area contributed by atoms with Crippen LogP contribution >= 0.6 is 0 Å². The molecular weight excluding hydrogens is 178 g/mol. The largest absolute Gasteiger partial charge is 0.381 e. The molecular formula is C11H23NO2. The lowest BCUT2D eigenvalue weighted by Crippen LogP contribution is -2.39. The van der Waals surface area contributed by atoms with E-state index in [0.717, 1.165) is 32.7 Å². The van der Waals surface area contributed by atoms with E-state index in [1.165, 1.54) is 0 Å². The fourth-order valence-electron chi connectivity index (χ4n) is 1.63. The Morgan fingerprint density at radius 2 is 2.14 bits per heavy atom. The van der Waals surface area contributed by atoms with Crippen LogP contribution < -0.4 is 5.73 Å². The van der Waals surface area contributed by atoms with Crippen molar-refractivity contribution in [3.8, 4) is 0 Å². The van der Waals surface area contributed by atoms with Gasteiger partial charge in [-0.05, 0) is 39.5 Å². The molecule has 84 valence electrons. The molecule has 0 aromatic heterocycles. The van der Waals surface area contributed by atoms with Crippen LogP contribution in [0.2, 0.25) is 0 Å². The van der Waals surface area contributed by atoms with Gasteiger partial charge in [0, 0.05) is 19.3 Å². The summed E-state index contributed by atoms with van der Waals surface area (Å²) in [6.07, 6.45) is 2.00. The van der Waals surface area contributed by atoms with E-state index in [1.807, 2.05) is 0 Å². The van der Waals surface area contributed by atoms with Gasteiger partial charge < -0.3 is 15.2 Å². The van der Waals surface area contributed by atoms with Crippen molar-refractivity contribution in [1.29, 1.82) is 0 Å². The van der Waals surface area contributed by atoms with E-state index in [4.69, 9.17) is 15.2 Å². The lowest BCUT2D eigenvalue weighted by atomic mass is 9.94. The van der Waals surface area contributed by atoms with Crippen molar-refractivity contribution in [3.05, 3.63) is 0 Å². The highest BCUT2D eigenvalue weighted by atomic mass is 16.5. The number of hydrogen-bond acceptors (Lipinski definition) is 3. The molecule has 0 aromatic rings. The van der Waals surface area contributed by atoms with Crippen LogP contribution in [-0.4, -0.2) is 31.5 Å². The van der Waals surface area contributed by atoms with Crippen molar-refractivity contribution in [3.63, 3.8) is 0 Å². The summed E-state index contributed by atoms with van der Waals surface area (Å²) >= 11 is 0. The van der Waals surface area contributed by atoms with Crippen LogP contribution in [0.15, 0.2) is 0 Å². The average molecular weight is 201 g/mol. The molecule has 0 amide bonds. The first-order valence-electron chi connectivity index (χ1n) is 5.46. The predicted octanol–water partition coefficient (Wildman–Crippen LogP) is 1.56. The van der Waals surface area contributed by atoms with Gasteiger partial charge in [0.1, 0.15) is 0 Å². The van der Waals surface area contributed by atoms with E-state index in [1.54, 1.807) is 0 Å². The summed E-state index contributed by atoms with van der Waals surface area (Å²) in [5.74, 6) is 0.478. The van der Waals surface area contributed by atoms with Gasteiger partial charge in [-0.15, -0.1) is 0 Å². The molecule has 14 heavy (non-hydrogen) atoms. The first-order valence-corrected chi connectivity index (χ1v) is 5.46. The van der Waals surface area contributed by atoms with Gasteiger partial charge >= 0.3 is 0 Å². The molecule has 3 heteroatoms. The van der Waals surface area contributed by atoms with E-state index in [-0.39, 0.29) is 5.60 Å². The first-order chi connectivity index (χ1) is 6.49. The molecule has 0 radical (unpaired) electrons. The molecule has 3 nitrogen and oxygen atoms in total. The molecule has 0 saturated carbocycles. The van der Waals surface area contributed by atoms with Gasteiger partial charge in [-0.2, -0.15) is 0 Å². The molecule has 0 bridgehead atoms. The summed E-state index contributed by atoms with van der Waals surface area (Å²) in [7, 11) is 0. The second-order valence-corrected chi connectivity index (χ2v) is 5.04. The van der Waals surface area contributed by atoms with E-state index in [2.05, 4.69) is 20.8 Å². The summed E-state index contributed by atoms with van der Waals surface area (Å²) in [6, 6.07) is 0.298. The van der Waals surface area contributed by atoms with Crippen molar-refractivity contribution >= 4 is 0 Å². The average Bonchev–Trinajstić information content (AvgIpc) is 2.06. The minimum Gasteiger partial charge on any atom is -0.381 e. The number of nitrogens with two attached hydrogens (primary N) is 1. The summed E-state index contributed by atoms with van der Waals surface area (Å²) < 4.78 is 11.1. The van der Waals surface area contributed by atoms with Crippen LogP contribution in [0.5, 0.6) is 0 Å². The Kier molecular flexibility index (Phi) is 4.35. The Morgan fingerprint density at radius 1 is 1.43 bits per heavy atom. The van der Waals surface area contributed by atoms with Crippen LogP contribution in [0, 0.1) is 5.92 Å². The van der Waals surface area contributed by atoms with E-state index in [0.29, 0.717) is 12.0 Å². The van der Waals surface area contributed by atoms with E-state index < -0.39 is 0 Å². The Morgan fingerprint density at radius 3 is 2.71 bits per heavy atom. The number of ether oxygens (including phenoxy) is 2. The standard InChI is InChI=1S/C11H23NO2/c1-11(2,3)14-7-4-9-8-13-6-5-10(9)12/h9-10H,4-8,12H2,1-3H3. The maximum absolute atomic E-state index is 5.99. The smallest absolute Gasteiger partial charge is 0.0598 e. The number of rotatable bonds is 3. The van der Waals surface area contributed by atoms with E-state index in [9.17, 15) is 0 Å². The predicted molar refractivity (Wildman–Crippen MR) is 57.2 cm³/mol. The fraction of sp³-hybridized carbons (Fsp3) is 1.00. The van der Waals surface area contributed by atoms with Gasteiger partial charge in [-0.25, -0.2) is 0 Å². The molecule has 1 rings (SSSR count). The SMILES string of the molecule is CC(C)(C)OCCC1COCCC1N. The summed E-state index contributed by atoms with van der Waals surface area (Å²) in [5, 5.41) is 0. The zero-order valence-corrected chi connectivity index (χ0v) is 9.58. The van der Waals surface area contributed by atoms with Crippen LogP contribution in [0.4, 0.5) is 0 Å². The van der Waals surface area contributed by atoms with Crippen molar-refractivity contribution in [2.45, 2.75) is 45.3 Å². The fourth-order valence-corrected chi connectivity index (χ4v) is 1.63. The lowest BCUT2D eigenvalue weighted by molar-refractivity contribution is -0.0267. The van der Waals surface area contributed by atoms with Crippen LogP contribution in [0.1, 0.15) is 33.6 Å². The molecule has 1 aliphatic rings. The minimum absolute atomic E-state index is 0.0420. The van der Waals surface area contributed by atoms with Crippen LogP contribution in [0.3, 0.4) is 0 Å².